The molecule has 0 amide bonds. The number of nitrogens with one attached hydrogen (secondary N) is 1. The third-order valence-electron chi connectivity index (χ3n) is 3.58. The number of aromatic amines is 1. The summed E-state index contributed by atoms with van der Waals surface area (Å²) in [4.78, 5) is 5.31. The van der Waals surface area contributed by atoms with Crippen LogP contribution in [0.1, 0.15) is 5.56 Å². The maximum Gasteiger partial charge on any atom is 0.182 e. The highest BCUT2D eigenvalue weighted by atomic mass is 35.5. The largest absolute Gasteiger partial charge is 0.377 e. The van der Waals surface area contributed by atoms with Gasteiger partial charge in [0.2, 0.25) is 0 Å². The van der Waals surface area contributed by atoms with E-state index in [0.29, 0.717) is 9.79 Å². The molecule has 0 saturated heterocycles. The van der Waals surface area contributed by atoms with Crippen molar-refractivity contribution in [3.05, 3.63) is 51.8 Å². The number of anilines is 1. The van der Waals surface area contributed by atoms with Crippen LogP contribution in [0.25, 0.3) is 16.7 Å². The number of halogens is 1. The third kappa shape index (κ3) is 2.45. The van der Waals surface area contributed by atoms with Crippen molar-refractivity contribution >= 4 is 40.5 Å². The molecule has 0 bridgehead atoms. The van der Waals surface area contributed by atoms with Crippen LogP contribution in [0.3, 0.4) is 0 Å². The number of hydrogen-bond acceptors (Lipinski definition) is 2. The summed E-state index contributed by atoms with van der Waals surface area (Å²) in [5.74, 6) is 0. The number of hydrogen-bond donors (Lipinski definition) is 1. The molecule has 3 nitrogen and oxygen atoms in total. The Hall–Kier alpha value is -1.78. The topological polar surface area (TPSA) is 24.0 Å². The first-order valence-corrected chi connectivity index (χ1v) is 7.44. The quantitative estimate of drug-likeness (QED) is 0.692. The lowest BCUT2D eigenvalue weighted by Gasteiger charge is -2.17. The number of fused-ring (bicyclic) bond motifs is 1. The first kappa shape index (κ1) is 14.2. The van der Waals surface area contributed by atoms with Crippen LogP contribution in [0.15, 0.2) is 36.4 Å². The second-order valence-corrected chi connectivity index (χ2v) is 6.12. The van der Waals surface area contributed by atoms with E-state index in [0.717, 1.165) is 16.7 Å². The van der Waals surface area contributed by atoms with E-state index in [-0.39, 0.29) is 0 Å². The van der Waals surface area contributed by atoms with Gasteiger partial charge in [-0.05, 0) is 55.0 Å². The fraction of sp³-hybridized carbons (Fsp3) is 0.188. The van der Waals surface area contributed by atoms with Crippen molar-refractivity contribution in [2.24, 2.45) is 0 Å². The number of benzene rings is 2. The van der Waals surface area contributed by atoms with E-state index in [1.807, 2.05) is 36.9 Å². The zero-order chi connectivity index (χ0) is 15.1. The molecule has 21 heavy (non-hydrogen) atoms. The molecule has 0 aliphatic carbocycles. The lowest BCUT2D eigenvalue weighted by atomic mass is 10.1. The highest BCUT2D eigenvalue weighted by Gasteiger charge is 2.09. The molecule has 5 heteroatoms. The van der Waals surface area contributed by atoms with Crippen LogP contribution >= 0.6 is 23.8 Å². The first-order chi connectivity index (χ1) is 9.97. The molecule has 0 radical (unpaired) electrons. The molecular weight excluding hydrogens is 302 g/mol. The van der Waals surface area contributed by atoms with Crippen LogP contribution in [-0.4, -0.2) is 23.6 Å². The summed E-state index contributed by atoms with van der Waals surface area (Å²) in [7, 11) is 4.08. The van der Waals surface area contributed by atoms with Gasteiger partial charge in [0.15, 0.2) is 4.77 Å². The second kappa shape index (κ2) is 5.20. The summed E-state index contributed by atoms with van der Waals surface area (Å²) < 4.78 is 2.70. The monoisotopic (exact) mass is 317 g/mol. The van der Waals surface area contributed by atoms with Gasteiger partial charge in [-0.1, -0.05) is 17.7 Å². The van der Waals surface area contributed by atoms with Gasteiger partial charge < -0.3 is 9.88 Å². The van der Waals surface area contributed by atoms with Crippen LogP contribution in [-0.2, 0) is 0 Å². The Balaban J connectivity index is 2.28. The van der Waals surface area contributed by atoms with Crippen LogP contribution in [0.4, 0.5) is 5.69 Å². The number of nitrogens with zero attached hydrogens (tertiary/aromatic N) is 2. The van der Waals surface area contributed by atoms with E-state index in [4.69, 9.17) is 23.8 Å². The molecule has 1 N–H and O–H groups in total. The number of aryl methyl sites for hydroxylation is 1. The molecule has 2 aromatic carbocycles. The van der Waals surface area contributed by atoms with E-state index in [1.165, 1.54) is 11.3 Å². The molecule has 1 aromatic heterocycles. The van der Waals surface area contributed by atoms with Gasteiger partial charge in [0.05, 0.1) is 16.7 Å². The molecule has 0 aliphatic heterocycles. The predicted octanol–water partition coefficient (Wildman–Crippen LogP) is 4.72. The SMILES string of the molecule is Cc1ccc(-n2c(=S)[nH]c3cc(Cl)ccc32)cc1N(C)C. The second-order valence-electron chi connectivity index (χ2n) is 5.29. The van der Waals surface area contributed by atoms with Crippen molar-refractivity contribution in [2.45, 2.75) is 6.92 Å². The van der Waals surface area contributed by atoms with Crippen molar-refractivity contribution < 1.29 is 0 Å². The Morgan fingerprint density at radius 1 is 1.14 bits per heavy atom. The molecule has 0 fully saturated rings. The van der Waals surface area contributed by atoms with Crippen LogP contribution in [0.2, 0.25) is 5.02 Å². The van der Waals surface area contributed by atoms with Crippen molar-refractivity contribution in [3.63, 3.8) is 0 Å². The number of rotatable bonds is 2. The molecule has 0 atom stereocenters. The van der Waals surface area contributed by atoms with Crippen molar-refractivity contribution in [2.75, 3.05) is 19.0 Å². The average molecular weight is 318 g/mol. The van der Waals surface area contributed by atoms with Crippen molar-refractivity contribution in [1.82, 2.24) is 9.55 Å². The number of H-pyrrole nitrogens is 1. The maximum atomic E-state index is 6.04. The van der Waals surface area contributed by atoms with E-state index < -0.39 is 0 Å². The Bertz CT molecular complexity index is 877. The summed E-state index contributed by atoms with van der Waals surface area (Å²) in [5, 5.41) is 0.698. The zero-order valence-electron chi connectivity index (χ0n) is 12.1. The smallest absolute Gasteiger partial charge is 0.182 e. The number of aromatic nitrogens is 2. The Morgan fingerprint density at radius 3 is 2.62 bits per heavy atom. The molecule has 0 saturated carbocycles. The van der Waals surface area contributed by atoms with Gasteiger partial charge in [0, 0.05) is 24.8 Å². The fourth-order valence-electron chi connectivity index (χ4n) is 2.56. The van der Waals surface area contributed by atoms with Gasteiger partial charge in [-0.2, -0.15) is 0 Å². The molecule has 108 valence electrons. The maximum absolute atomic E-state index is 6.04. The van der Waals surface area contributed by atoms with Crippen LogP contribution in [0, 0.1) is 11.7 Å². The molecule has 0 aliphatic rings. The van der Waals surface area contributed by atoms with E-state index in [2.05, 4.69) is 35.0 Å². The average Bonchev–Trinajstić information content (AvgIpc) is 2.74. The summed E-state index contributed by atoms with van der Waals surface area (Å²) in [6.07, 6.45) is 0. The zero-order valence-corrected chi connectivity index (χ0v) is 13.7. The highest BCUT2D eigenvalue weighted by molar-refractivity contribution is 7.71. The van der Waals surface area contributed by atoms with E-state index in [1.54, 1.807) is 0 Å². The first-order valence-electron chi connectivity index (χ1n) is 6.66. The number of imidazole rings is 1. The summed E-state index contributed by atoms with van der Waals surface area (Å²) in [5.41, 5.74) is 5.43. The van der Waals surface area contributed by atoms with Crippen molar-refractivity contribution in [1.29, 1.82) is 0 Å². The molecule has 3 rings (SSSR count). The Morgan fingerprint density at radius 2 is 1.90 bits per heavy atom. The van der Waals surface area contributed by atoms with Crippen LogP contribution < -0.4 is 4.90 Å². The van der Waals surface area contributed by atoms with Gasteiger partial charge in [0.25, 0.3) is 0 Å². The van der Waals surface area contributed by atoms with Gasteiger partial charge >= 0.3 is 0 Å². The van der Waals surface area contributed by atoms with E-state index >= 15 is 0 Å². The Labute approximate surface area is 133 Å². The predicted molar refractivity (Wildman–Crippen MR) is 92.5 cm³/mol. The normalized spacial score (nSPS) is 11.0. The Kier molecular flexibility index (Phi) is 3.51. The van der Waals surface area contributed by atoms with Gasteiger partial charge in [-0.15, -0.1) is 0 Å². The minimum atomic E-state index is 0.667. The summed E-state index contributed by atoms with van der Waals surface area (Å²) in [6, 6.07) is 12.1. The van der Waals surface area contributed by atoms with E-state index in [9.17, 15) is 0 Å². The van der Waals surface area contributed by atoms with Gasteiger partial charge in [-0.25, -0.2) is 0 Å². The van der Waals surface area contributed by atoms with Gasteiger partial charge in [0.1, 0.15) is 0 Å². The lowest BCUT2D eigenvalue weighted by Crippen LogP contribution is -2.11. The summed E-state index contributed by atoms with van der Waals surface area (Å²) in [6.45, 7) is 2.10. The molecular formula is C16H16ClN3S. The lowest BCUT2D eigenvalue weighted by molar-refractivity contribution is 1.05. The van der Waals surface area contributed by atoms with Gasteiger partial charge in [-0.3, -0.25) is 4.57 Å². The molecule has 3 aromatic rings. The summed E-state index contributed by atoms with van der Waals surface area (Å²) >= 11 is 11.5. The minimum absolute atomic E-state index is 0.667. The van der Waals surface area contributed by atoms with Crippen LogP contribution in [0.5, 0.6) is 0 Å². The van der Waals surface area contributed by atoms with Crippen molar-refractivity contribution in [3.8, 4) is 5.69 Å². The third-order valence-corrected chi connectivity index (χ3v) is 4.10. The minimum Gasteiger partial charge on any atom is -0.377 e. The standard InChI is InChI=1S/C16H16ClN3S/c1-10-4-6-12(9-15(10)19(2)3)20-14-7-5-11(17)8-13(14)18-16(20)21/h4-9H,1-3H3,(H,18,21). The molecule has 0 unspecified atom stereocenters. The molecule has 1 heterocycles. The molecule has 0 spiro atoms. The fourth-order valence-corrected chi connectivity index (χ4v) is 3.04. The highest BCUT2D eigenvalue weighted by Crippen LogP contribution is 2.26.